The highest BCUT2D eigenvalue weighted by atomic mass is 14.2. The Labute approximate surface area is 98.3 Å². The van der Waals surface area contributed by atoms with E-state index in [1.807, 2.05) is 6.08 Å². The molecule has 1 aromatic rings. The van der Waals surface area contributed by atoms with Gasteiger partial charge in [-0.1, -0.05) is 61.6 Å². The van der Waals surface area contributed by atoms with Crippen LogP contribution in [0, 0.1) is 12.3 Å². The van der Waals surface area contributed by atoms with Crippen molar-refractivity contribution < 1.29 is 0 Å². The molecule has 0 radical (unpaired) electrons. The summed E-state index contributed by atoms with van der Waals surface area (Å²) in [5, 5.41) is 0. The normalized spacial score (nSPS) is 17.1. The highest BCUT2D eigenvalue weighted by molar-refractivity contribution is 6.56. The van der Waals surface area contributed by atoms with Gasteiger partial charge in [-0.05, 0) is 17.0 Å². The minimum atomic E-state index is 0.654. The van der Waals surface area contributed by atoms with Gasteiger partial charge in [-0.2, -0.15) is 0 Å². The molecule has 0 saturated carbocycles. The van der Waals surface area contributed by atoms with Crippen molar-refractivity contribution in [1.82, 2.24) is 0 Å². The molecule has 0 N–H and O–H groups in total. The lowest BCUT2D eigenvalue weighted by molar-refractivity contribution is 0.885. The van der Waals surface area contributed by atoms with E-state index in [0.29, 0.717) is 5.92 Å². The second-order valence-electron chi connectivity index (χ2n) is 4.41. The molecule has 0 aromatic heterocycles. The SMILES string of the molecule is C#CC(=C)c1cc2c(cc1C=C)C(C)CB2. The van der Waals surface area contributed by atoms with Gasteiger partial charge >= 0.3 is 0 Å². The number of benzene rings is 1. The van der Waals surface area contributed by atoms with Crippen molar-refractivity contribution >= 4 is 24.4 Å². The highest BCUT2D eigenvalue weighted by Crippen LogP contribution is 2.28. The molecule has 1 aliphatic heterocycles. The second kappa shape index (κ2) is 4.06. The summed E-state index contributed by atoms with van der Waals surface area (Å²) in [4.78, 5) is 0. The van der Waals surface area contributed by atoms with Crippen molar-refractivity contribution in [1.29, 1.82) is 0 Å². The first-order chi connectivity index (χ1) is 7.67. The molecule has 1 aromatic carbocycles. The van der Waals surface area contributed by atoms with Crippen LogP contribution in [0.25, 0.3) is 11.6 Å². The molecular weight excluding hydrogens is 191 g/mol. The van der Waals surface area contributed by atoms with E-state index in [-0.39, 0.29) is 0 Å². The van der Waals surface area contributed by atoms with E-state index in [9.17, 15) is 0 Å². The summed E-state index contributed by atoms with van der Waals surface area (Å²) in [6.07, 6.45) is 8.51. The number of terminal acetylenes is 1. The van der Waals surface area contributed by atoms with E-state index in [2.05, 4.69) is 38.1 Å². The van der Waals surface area contributed by atoms with Crippen LogP contribution in [-0.4, -0.2) is 7.28 Å². The lowest BCUT2D eigenvalue weighted by Crippen LogP contribution is -2.12. The van der Waals surface area contributed by atoms with E-state index in [1.54, 1.807) is 0 Å². The fourth-order valence-corrected chi connectivity index (χ4v) is 2.39. The molecule has 1 heterocycles. The smallest absolute Gasteiger partial charge is 0.115 e. The topological polar surface area (TPSA) is 0 Å². The quantitative estimate of drug-likeness (QED) is 0.515. The first-order valence-corrected chi connectivity index (χ1v) is 5.62. The van der Waals surface area contributed by atoms with Crippen LogP contribution in [0.4, 0.5) is 0 Å². The predicted octanol–water partition coefficient (Wildman–Crippen LogP) is 2.57. The summed E-state index contributed by atoms with van der Waals surface area (Å²) in [7, 11) is 1.15. The summed E-state index contributed by atoms with van der Waals surface area (Å²) < 4.78 is 0. The van der Waals surface area contributed by atoms with Crippen molar-refractivity contribution in [2.24, 2.45) is 0 Å². The van der Waals surface area contributed by atoms with Crippen molar-refractivity contribution in [3.8, 4) is 12.3 Å². The van der Waals surface area contributed by atoms with Crippen LogP contribution in [-0.2, 0) is 0 Å². The Morgan fingerprint density at radius 2 is 2.38 bits per heavy atom. The lowest BCUT2D eigenvalue weighted by atomic mass is 9.71. The molecule has 1 atom stereocenters. The van der Waals surface area contributed by atoms with Crippen LogP contribution >= 0.6 is 0 Å². The Balaban J connectivity index is 2.61. The van der Waals surface area contributed by atoms with Crippen LogP contribution in [0.3, 0.4) is 0 Å². The number of allylic oxidation sites excluding steroid dienone is 1. The van der Waals surface area contributed by atoms with Gasteiger partial charge in [0.1, 0.15) is 0 Å². The molecule has 16 heavy (non-hydrogen) atoms. The van der Waals surface area contributed by atoms with Gasteiger partial charge in [0.15, 0.2) is 7.28 Å². The molecule has 1 unspecified atom stereocenters. The van der Waals surface area contributed by atoms with Gasteiger partial charge in [-0.25, -0.2) is 0 Å². The first-order valence-electron chi connectivity index (χ1n) is 5.62. The summed E-state index contributed by atoms with van der Waals surface area (Å²) in [5.74, 6) is 3.27. The Kier molecular flexibility index (Phi) is 2.75. The van der Waals surface area contributed by atoms with Gasteiger partial charge in [-0.15, -0.1) is 6.42 Å². The van der Waals surface area contributed by atoms with Crippen LogP contribution < -0.4 is 5.46 Å². The van der Waals surface area contributed by atoms with Gasteiger partial charge in [0, 0.05) is 5.57 Å². The van der Waals surface area contributed by atoms with Crippen LogP contribution in [0.2, 0.25) is 6.32 Å². The number of hydrogen-bond donors (Lipinski definition) is 0. The van der Waals surface area contributed by atoms with Gasteiger partial charge in [0.2, 0.25) is 0 Å². The summed E-state index contributed by atoms with van der Waals surface area (Å²) in [6, 6.07) is 4.41. The molecule has 0 spiro atoms. The fourth-order valence-electron chi connectivity index (χ4n) is 2.39. The van der Waals surface area contributed by atoms with Crippen molar-refractivity contribution in [2.45, 2.75) is 19.2 Å². The number of hydrogen-bond acceptors (Lipinski definition) is 0. The Morgan fingerprint density at radius 1 is 1.62 bits per heavy atom. The van der Waals surface area contributed by atoms with Gasteiger partial charge in [-0.3, -0.25) is 0 Å². The maximum atomic E-state index is 5.42. The molecule has 78 valence electrons. The van der Waals surface area contributed by atoms with Crippen molar-refractivity contribution in [3.63, 3.8) is 0 Å². The average molecular weight is 206 g/mol. The minimum Gasteiger partial charge on any atom is -0.115 e. The molecule has 1 aliphatic rings. The van der Waals surface area contributed by atoms with E-state index in [4.69, 9.17) is 6.42 Å². The van der Waals surface area contributed by atoms with Crippen molar-refractivity contribution in [2.75, 3.05) is 0 Å². The third kappa shape index (κ3) is 1.61. The molecule has 2 rings (SSSR count). The summed E-state index contributed by atoms with van der Waals surface area (Å²) in [5.41, 5.74) is 5.78. The molecule has 0 aliphatic carbocycles. The molecule has 0 saturated heterocycles. The molecule has 0 amide bonds. The Morgan fingerprint density at radius 3 is 3.00 bits per heavy atom. The van der Waals surface area contributed by atoms with Crippen LogP contribution in [0.1, 0.15) is 29.5 Å². The molecular formula is C15H15B. The second-order valence-corrected chi connectivity index (χ2v) is 4.41. The standard InChI is InChI=1S/C15H15B/c1-5-10(3)13-8-15-14(7-12(13)6-2)11(4)9-16-15/h1,6-8,11,16H,2-3,9H2,4H3. The number of rotatable bonds is 2. The zero-order valence-electron chi connectivity index (χ0n) is 9.72. The summed E-state index contributed by atoms with van der Waals surface area (Å²) in [6.45, 7) is 10.0. The molecule has 1 heteroatoms. The zero-order chi connectivity index (χ0) is 11.7. The first kappa shape index (κ1) is 10.8. The molecule has 0 bridgehead atoms. The zero-order valence-corrected chi connectivity index (χ0v) is 9.72. The fraction of sp³-hybridized carbons (Fsp3) is 0.200. The third-order valence-corrected chi connectivity index (χ3v) is 3.41. The highest BCUT2D eigenvalue weighted by Gasteiger charge is 2.21. The van der Waals surface area contributed by atoms with E-state index >= 15 is 0 Å². The maximum absolute atomic E-state index is 5.42. The van der Waals surface area contributed by atoms with Gasteiger partial charge in [0.25, 0.3) is 0 Å². The lowest BCUT2D eigenvalue weighted by Gasteiger charge is -2.11. The Bertz CT molecular complexity index is 503. The van der Waals surface area contributed by atoms with Gasteiger partial charge in [0.05, 0.1) is 0 Å². The van der Waals surface area contributed by atoms with E-state index < -0.39 is 0 Å². The maximum Gasteiger partial charge on any atom is 0.158 e. The van der Waals surface area contributed by atoms with Gasteiger partial charge < -0.3 is 0 Å². The summed E-state index contributed by atoms with van der Waals surface area (Å²) >= 11 is 0. The van der Waals surface area contributed by atoms with Crippen molar-refractivity contribution in [3.05, 3.63) is 42.0 Å². The van der Waals surface area contributed by atoms with E-state index in [1.165, 1.54) is 17.3 Å². The predicted molar refractivity (Wildman–Crippen MR) is 74.4 cm³/mol. The largest absolute Gasteiger partial charge is 0.158 e. The molecule has 0 fully saturated rings. The minimum absolute atomic E-state index is 0.654. The van der Waals surface area contributed by atoms with Crippen LogP contribution in [0.15, 0.2) is 25.3 Å². The monoisotopic (exact) mass is 206 g/mol. The third-order valence-electron chi connectivity index (χ3n) is 3.41. The Hall–Kier alpha value is -1.68. The van der Waals surface area contributed by atoms with Crippen LogP contribution in [0.5, 0.6) is 0 Å². The molecule has 0 nitrogen and oxygen atoms in total. The average Bonchev–Trinajstić information content (AvgIpc) is 2.68. The number of fused-ring (bicyclic) bond motifs is 1. The van der Waals surface area contributed by atoms with E-state index in [0.717, 1.165) is 24.0 Å².